The second-order valence-corrected chi connectivity index (χ2v) is 9.91. The second-order valence-electron chi connectivity index (χ2n) is 8.89. The number of thioether (sulfide) groups is 1. The van der Waals surface area contributed by atoms with E-state index >= 15 is 0 Å². The number of pyridine rings is 2. The van der Waals surface area contributed by atoms with Gasteiger partial charge in [-0.3, -0.25) is 14.5 Å². The summed E-state index contributed by atoms with van der Waals surface area (Å²) in [5, 5.41) is 0. The van der Waals surface area contributed by atoms with Crippen LogP contribution in [0.5, 0.6) is 5.75 Å². The molecule has 0 spiro atoms. The van der Waals surface area contributed by atoms with E-state index in [-0.39, 0.29) is 0 Å². The molecule has 1 aromatic carbocycles. The average molecular weight is 501 g/mol. The zero-order valence-electron chi connectivity index (χ0n) is 21.7. The number of anilines is 1. The molecule has 2 N–H and O–H groups in total. The molecule has 186 valence electrons. The fourth-order valence-corrected chi connectivity index (χ4v) is 5.09. The number of rotatable bonds is 8. The molecule has 0 aliphatic rings. The van der Waals surface area contributed by atoms with Gasteiger partial charge in [0, 0.05) is 52.6 Å². The summed E-state index contributed by atoms with van der Waals surface area (Å²) in [7, 11) is 3.50. The van der Waals surface area contributed by atoms with Gasteiger partial charge in [-0.15, -0.1) is 11.8 Å². The number of allylic oxidation sites excluding steroid dienone is 2. The SMILES string of the molecule is CN=C(C)C(=C(C)C)c1cnc2c(c1)nc(N)n2Cc1ccc(SCc2ccc(C)nc2)c(OC)c1. The number of fused-ring (bicyclic) bond motifs is 1. The van der Waals surface area contributed by atoms with Gasteiger partial charge in [0.05, 0.1) is 13.7 Å². The Hall–Kier alpha value is -3.65. The van der Waals surface area contributed by atoms with Crippen molar-refractivity contribution < 1.29 is 4.74 Å². The third-order valence-electron chi connectivity index (χ3n) is 6.04. The number of nitrogens with two attached hydrogens (primary N) is 1. The minimum atomic E-state index is 0.429. The molecule has 0 fully saturated rings. The summed E-state index contributed by atoms with van der Waals surface area (Å²) >= 11 is 1.73. The molecule has 0 aliphatic carbocycles. The Morgan fingerprint density at radius 1 is 1.06 bits per heavy atom. The number of imidazole rings is 1. The van der Waals surface area contributed by atoms with Crippen molar-refractivity contribution in [3.8, 4) is 5.75 Å². The van der Waals surface area contributed by atoms with Gasteiger partial charge in [0.2, 0.25) is 5.95 Å². The third kappa shape index (κ3) is 5.44. The highest BCUT2D eigenvalue weighted by Crippen LogP contribution is 2.33. The molecule has 36 heavy (non-hydrogen) atoms. The first-order chi connectivity index (χ1) is 17.3. The maximum Gasteiger partial charge on any atom is 0.202 e. The molecular formula is C28H32N6OS. The zero-order chi connectivity index (χ0) is 25.8. The van der Waals surface area contributed by atoms with Crippen molar-refractivity contribution in [2.24, 2.45) is 4.99 Å². The minimum absolute atomic E-state index is 0.429. The highest BCUT2D eigenvalue weighted by Gasteiger charge is 2.15. The molecule has 0 saturated heterocycles. The van der Waals surface area contributed by atoms with Crippen LogP contribution in [0.1, 0.15) is 43.2 Å². The first kappa shape index (κ1) is 25.4. The topological polar surface area (TPSA) is 91.2 Å². The molecule has 3 heterocycles. The Morgan fingerprint density at radius 2 is 1.83 bits per heavy atom. The maximum atomic E-state index is 6.33. The molecular weight excluding hydrogens is 468 g/mol. The van der Waals surface area contributed by atoms with Crippen LogP contribution in [0.4, 0.5) is 5.95 Å². The van der Waals surface area contributed by atoms with Gasteiger partial charge in [-0.05, 0) is 63.1 Å². The van der Waals surface area contributed by atoms with E-state index in [1.54, 1.807) is 25.9 Å². The third-order valence-corrected chi connectivity index (χ3v) is 7.16. The van der Waals surface area contributed by atoms with Gasteiger partial charge in [-0.2, -0.15) is 0 Å². The van der Waals surface area contributed by atoms with E-state index < -0.39 is 0 Å². The van der Waals surface area contributed by atoms with Crippen LogP contribution in [-0.4, -0.2) is 39.4 Å². The number of nitrogens with zero attached hydrogens (tertiary/aromatic N) is 5. The number of nitrogen functional groups attached to an aromatic ring is 1. The van der Waals surface area contributed by atoms with Crippen molar-refractivity contribution in [2.45, 2.75) is 44.9 Å². The first-order valence-electron chi connectivity index (χ1n) is 11.7. The monoisotopic (exact) mass is 500 g/mol. The lowest BCUT2D eigenvalue weighted by molar-refractivity contribution is 0.404. The molecule has 4 aromatic rings. The van der Waals surface area contributed by atoms with Crippen LogP contribution in [0.2, 0.25) is 0 Å². The van der Waals surface area contributed by atoms with Crippen molar-refractivity contribution in [2.75, 3.05) is 19.9 Å². The Morgan fingerprint density at radius 3 is 2.50 bits per heavy atom. The van der Waals surface area contributed by atoms with Crippen LogP contribution in [0.15, 0.2) is 64.3 Å². The Kier molecular flexibility index (Phi) is 7.74. The van der Waals surface area contributed by atoms with Crippen molar-refractivity contribution in [1.29, 1.82) is 0 Å². The normalized spacial score (nSPS) is 11.7. The summed E-state index contributed by atoms with van der Waals surface area (Å²) in [4.78, 5) is 19.2. The van der Waals surface area contributed by atoms with Crippen molar-refractivity contribution >= 4 is 40.2 Å². The standard InChI is InChI=1S/C28H32N6OS/c1-17(2)26(19(4)30-5)22-12-23-27(32-14-22)34(28(29)33-23)15-20-9-10-25(24(11-20)35-6)36-16-21-8-7-18(3)31-13-21/h7-14H,15-16H2,1-6H3,(H2,29,33). The van der Waals surface area contributed by atoms with E-state index in [0.29, 0.717) is 12.5 Å². The van der Waals surface area contributed by atoms with Crippen LogP contribution in [-0.2, 0) is 12.3 Å². The van der Waals surface area contributed by atoms with Gasteiger partial charge in [0.1, 0.15) is 11.3 Å². The summed E-state index contributed by atoms with van der Waals surface area (Å²) in [6.07, 6.45) is 3.79. The van der Waals surface area contributed by atoms with Gasteiger partial charge < -0.3 is 10.5 Å². The molecule has 0 amide bonds. The molecule has 7 nitrogen and oxygen atoms in total. The van der Waals surface area contributed by atoms with E-state index in [1.807, 2.05) is 42.9 Å². The van der Waals surface area contributed by atoms with Gasteiger partial charge in [0.25, 0.3) is 0 Å². The summed E-state index contributed by atoms with van der Waals surface area (Å²) < 4.78 is 7.64. The van der Waals surface area contributed by atoms with E-state index in [9.17, 15) is 0 Å². The van der Waals surface area contributed by atoms with E-state index in [0.717, 1.165) is 55.7 Å². The number of hydrogen-bond acceptors (Lipinski definition) is 7. The van der Waals surface area contributed by atoms with E-state index in [1.165, 1.54) is 11.1 Å². The van der Waals surface area contributed by atoms with Gasteiger partial charge in [-0.1, -0.05) is 17.7 Å². The fourth-order valence-electron chi connectivity index (χ4n) is 4.15. The van der Waals surface area contributed by atoms with Crippen molar-refractivity contribution in [1.82, 2.24) is 19.5 Å². The number of aliphatic imine (C=N–C) groups is 1. The van der Waals surface area contributed by atoms with E-state index in [2.05, 4.69) is 53.1 Å². The molecule has 0 atom stereocenters. The smallest absolute Gasteiger partial charge is 0.202 e. The fraction of sp³-hybridized carbons (Fsp3) is 0.286. The molecule has 4 rings (SSSR count). The maximum absolute atomic E-state index is 6.33. The molecule has 0 aliphatic heterocycles. The molecule has 0 bridgehead atoms. The van der Waals surface area contributed by atoms with Crippen LogP contribution < -0.4 is 10.5 Å². The van der Waals surface area contributed by atoms with Crippen LogP contribution in [0.25, 0.3) is 16.7 Å². The summed E-state index contributed by atoms with van der Waals surface area (Å²) in [6.45, 7) is 8.70. The predicted molar refractivity (Wildman–Crippen MR) is 150 cm³/mol. The quantitative estimate of drug-likeness (QED) is 0.237. The van der Waals surface area contributed by atoms with Gasteiger partial charge >= 0.3 is 0 Å². The number of benzene rings is 1. The van der Waals surface area contributed by atoms with Gasteiger partial charge in [-0.25, -0.2) is 9.97 Å². The second kappa shape index (κ2) is 11.0. The number of methoxy groups -OCH3 is 1. The number of aromatic nitrogens is 4. The summed E-state index contributed by atoms with van der Waals surface area (Å²) in [5.41, 5.74) is 15.3. The molecule has 0 saturated carbocycles. The molecule has 8 heteroatoms. The number of aryl methyl sites for hydroxylation is 1. The number of hydrogen-bond donors (Lipinski definition) is 1. The van der Waals surface area contributed by atoms with Crippen LogP contribution >= 0.6 is 11.8 Å². The zero-order valence-corrected chi connectivity index (χ0v) is 22.5. The lowest BCUT2D eigenvalue weighted by atomic mass is 9.99. The molecule has 3 aromatic heterocycles. The largest absolute Gasteiger partial charge is 0.496 e. The van der Waals surface area contributed by atoms with Gasteiger partial charge in [0.15, 0.2) is 5.65 Å². The predicted octanol–water partition coefficient (Wildman–Crippen LogP) is 5.95. The van der Waals surface area contributed by atoms with Crippen LogP contribution in [0, 0.1) is 6.92 Å². The minimum Gasteiger partial charge on any atom is -0.496 e. The molecule has 0 unspecified atom stereocenters. The summed E-state index contributed by atoms with van der Waals surface area (Å²) in [5.74, 6) is 2.08. The van der Waals surface area contributed by atoms with E-state index in [4.69, 9.17) is 15.5 Å². The number of ether oxygens (including phenoxy) is 1. The Labute approximate surface area is 216 Å². The lowest BCUT2D eigenvalue weighted by Gasteiger charge is -2.12. The summed E-state index contributed by atoms with van der Waals surface area (Å²) in [6, 6.07) is 12.4. The Bertz CT molecular complexity index is 1450. The highest BCUT2D eigenvalue weighted by atomic mass is 32.2. The Balaban J connectivity index is 1.59. The molecule has 0 radical (unpaired) electrons. The van der Waals surface area contributed by atoms with Crippen molar-refractivity contribution in [3.63, 3.8) is 0 Å². The van der Waals surface area contributed by atoms with Crippen molar-refractivity contribution in [3.05, 3.63) is 76.7 Å². The average Bonchev–Trinajstić information content (AvgIpc) is 3.17. The van der Waals surface area contributed by atoms with Crippen LogP contribution in [0.3, 0.4) is 0 Å². The first-order valence-corrected chi connectivity index (χ1v) is 12.7. The highest BCUT2D eigenvalue weighted by molar-refractivity contribution is 7.98. The lowest BCUT2D eigenvalue weighted by Crippen LogP contribution is -2.06.